The van der Waals surface area contributed by atoms with Gasteiger partial charge in [0.1, 0.15) is 0 Å². The van der Waals surface area contributed by atoms with Gasteiger partial charge in [-0.2, -0.15) is 0 Å². The van der Waals surface area contributed by atoms with E-state index in [4.69, 9.17) is 5.11 Å². The molecule has 1 N–H and O–H groups in total. The molecule has 1 aromatic carbocycles. The van der Waals surface area contributed by atoms with Crippen molar-refractivity contribution in [1.29, 1.82) is 0 Å². The van der Waals surface area contributed by atoms with Crippen LogP contribution in [0.5, 0.6) is 0 Å². The Kier molecular flexibility index (Phi) is 4.61. The lowest BCUT2D eigenvalue weighted by Gasteiger charge is -2.39. The maximum absolute atomic E-state index is 11.5. The highest BCUT2D eigenvalue weighted by atomic mass is 16.6. The molecule has 0 amide bonds. The van der Waals surface area contributed by atoms with Gasteiger partial charge in [0, 0.05) is 41.9 Å². The fourth-order valence-corrected chi connectivity index (χ4v) is 4.14. The Bertz CT molecular complexity index is 812. The van der Waals surface area contributed by atoms with E-state index in [0.29, 0.717) is 12.0 Å². The zero-order valence-electron chi connectivity index (χ0n) is 14.3. The molecule has 0 saturated heterocycles. The normalized spacial score (nSPS) is 19.4. The lowest BCUT2D eigenvalue weighted by atomic mass is 9.70. The summed E-state index contributed by atoms with van der Waals surface area (Å²) in [5.41, 5.74) is 2.36. The molecule has 6 nitrogen and oxygen atoms in total. The second-order valence-electron chi connectivity index (χ2n) is 6.68. The van der Waals surface area contributed by atoms with Gasteiger partial charge in [-0.1, -0.05) is 19.1 Å². The van der Waals surface area contributed by atoms with Crippen LogP contribution >= 0.6 is 0 Å². The van der Waals surface area contributed by atoms with E-state index in [1.807, 2.05) is 12.3 Å². The summed E-state index contributed by atoms with van der Waals surface area (Å²) in [6.45, 7) is 2.94. The van der Waals surface area contributed by atoms with Crippen LogP contribution in [0.2, 0.25) is 0 Å². The van der Waals surface area contributed by atoms with Crippen molar-refractivity contribution in [2.24, 2.45) is 0 Å². The van der Waals surface area contributed by atoms with Gasteiger partial charge in [-0.05, 0) is 37.8 Å². The van der Waals surface area contributed by atoms with E-state index in [1.54, 1.807) is 18.2 Å². The topological polar surface area (TPSA) is 85.4 Å². The Morgan fingerprint density at radius 3 is 2.76 bits per heavy atom. The summed E-state index contributed by atoms with van der Waals surface area (Å²) in [6, 6.07) is 8.71. The van der Waals surface area contributed by atoms with Crippen molar-refractivity contribution in [3.8, 4) is 11.1 Å². The third-order valence-corrected chi connectivity index (χ3v) is 5.41. The van der Waals surface area contributed by atoms with Crippen LogP contribution in [-0.2, 0) is 16.8 Å². The fourth-order valence-electron chi connectivity index (χ4n) is 4.14. The molecule has 1 aliphatic rings. The number of para-hydroxylation sites is 1. The minimum absolute atomic E-state index is 0.0883. The number of fused-ring (bicyclic) bond motifs is 1. The molecular formula is C19H22N2O4. The Hall–Kier alpha value is -2.63. The van der Waals surface area contributed by atoms with Gasteiger partial charge >= 0.3 is 5.97 Å². The fraction of sp³-hybridized carbons (Fsp3) is 0.421. The van der Waals surface area contributed by atoms with Crippen LogP contribution in [0.3, 0.4) is 0 Å². The first-order valence-corrected chi connectivity index (χ1v) is 8.64. The predicted molar refractivity (Wildman–Crippen MR) is 94.6 cm³/mol. The number of aliphatic carboxylic acids is 1. The number of carbonyl (C=O) groups is 1. The van der Waals surface area contributed by atoms with Gasteiger partial charge in [-0.3, -0.25) is 14.9 Å². The third-order valence-electron chi connectivity index (χ3n) is 5.41. The summed E-state index contributed by atoms with van der Waals surface area (Å²) in [5, 5.41) is 20.6. The van der Waals surface area contributed by atoms with Crippen LogP contribution in [0.1, 0.15) is 44.7 Å². The number of hydrogen-bond acceptors (Lipinski definition) is 3. The third kappa shape index (κ3) is 3.04. The monoisotopic (exact) mass is 342 g/mol. The molecule has 0 spiro atoms. The smallest absolute Gasteiger partial charge is 0.303 e. The largest absolute Gasteiger partial charge is 0.481 e. The van der Waals surface area contributed by atoms with Crippen LogP contribution in [0.4, 0.5) is 5.69 Å². The molecule has 0 saturated carbocycles. The summed E-state index contributed by atoms with van der Waals surface area (Å²) in [5.74, 6) is -0.802. The molecule has 0 radical (unpaired) electrons. The van der Waals surface area contributed by atoms with Crippen LogP contribution in [0.15, 0.2) is 36.5 Å². The first-order valence-electron chi connectivity index (χ1n) is 8.64. The minimum atomic E-state index is -0.802. The second kappa shape index (κ2) is 6.70. The van der Waals surface area contributed by atoms with Crippen LogP contribution in [-0.4, -0.2) is 20.6 Å². The molecule has 25 heavy (non-hydrogen) atoms. The second-order valence-corrected chi connectivity index (χ2v) is 6.68. The van der Waals surface area contributed by atoms with Crippen molar-refractivity contribution in [3.63, 3.8) is 0 Å². The molecular weight excluding hydrogens is 320 g/mol. The highest BCUT2D eigenvalue weighted by Crippen LogP contribution is 2.47. The van der Waals surface area contributed by atoms with E-state index in [9.17, 15) is 14.9 Å². The number of nitro groups is 1. The number of hydrogen-bond donors (Lipinski definition) is 1. The Morgan fingerprint density at radius 1 is 1.32 bits per heavy atom. The molecule has 0 bridgehead atoms. The van der Waals surface area contributed by atoms with Gasteiger partial charge in [0.25, 0.3) is 5.69 Å². The van der Waals surface area contributed by atoms with Crippen molar-refractivity contribution < 1.29 is 14.8 Å². The van der Waals surface area contributed by atoms with Crippen LogP contribution in [0.25, 0.3) is 11.1 Å². The maximum atomic E-state index is 11.5. The van der Waals surface area contributed by atoms with E-state index in [-0.39, 0.29) is 22.4 Å². The number of nitrogens with zero attached hydrogens (tertiary/aromatic N) is 2. The van der Waals surface area contributed by atoms with E-state index >= 15 is 0 Å². The summed E-state index contributed by atoms with van der Waals surface area (Å²) < 4.78 is 2.15. The van der Waals surface area contributed by atoms with Gasteiger partial charge < -0.3 is 9.67 Å². The lowest BCUT2D eigenvalue weighted by Crippen LogP contribution is -2.34. The Balaban J connectivity index is 2.16. The van der Waals surface area contributed by atoms with Crippen LogP contribution < -0.4 is 0 Å². The highest BCUT2D eigenvalue weighted by Gasteiger charge is 2.39. The molecule has 2 aromatic rings. The van der Waals surface area contributed by atoms with E-state index in [2.05, 4.69) is 11.5 Å². The van der Waals surface area contributed by atoms with E-state index in [1.165, 1.54) is 6.07 Å². The molecule has 1 atom stereocenters. The Morgan fingerprint density at radius 2 is 2.08 bits per heavy atom. The zero-order chi connectivity index (χ0) is 18.0. The van der Waals surface area contributed by atoms with Crippen LogP contribution in [0, 0.1) is 10.1 Å². The maximum Gasteiger partial charge on any atom is 0.303 e. The number of benzene rings is 1. The molecule has 3 rings (SSSR count). The van der Waals surface area contributed by atoms with Crippen molar-refractivity contribution in [3.05, 3.63) is 52.3 Å². The van der Waals surface area contributed by atoms with E-state index in [0.717, 1.165) is 37.1 Å². The predicted octanol–water partition coefficient (Wildman–Crippen LogP) is 4.37. The number of carboxylic acid groups (broad SMARTS) is 1. The van der Waals surface area contributed by atoms with Crippen molar-refractivity contribution in [2.45, 2.75) is 51.0 Å². The molecule has 1 aromatic heterocycles. The number of aromatic nitrogens is 1. The summed E-state index contributed by atoms with van der Waals surface area (Å²) in [7, 11) is 0. The standard InChI is InChI=1S/C19H22N2O4/c1-2-19(11-8-17(22)23)10-5-12-20-13-9-15(18(19)20)14-6-3-4-7-16(14)21(24)25/h3-4,6-7,9,13H,2,5,8,10-12H2,1H3,(H,22,23). The number of rotatable bonds is 6. The SMILES string of the molecule is CCC1(CCC(=O)O)CCCn2ccc(-c3ccccc3[N+](=O)[O-])c21. The van der Waals surface area contributed by atoms with Gasteiger partial charge in [0.2, 0.25) is 0 Å². The summed E-state index contributed by atoms with van der Waals surface area (Å²) in [6.07, 6.45) is 5.36. The average molecular weight is 342 g/mol. The lowest BCUT2D eigenvalue weighted by molar-refractivity contribution is -0.384. The molecule has 0 aliphatic carbocycles. The minimum Gasteiger partial charge on any atom is -0.481 e. The van der Waals surface area contributed by atoms with Gasteiger partial charge in [-0.25, -0.2) is 0 Å². The van der Waals surface area contributed by atoms with Gasteiger partial charge in [0.15, 0.2) is 0 Å². The molecule has 6 heteroatoms. The number of aryl methyl sites for hydroxylation is 1. The zero-order valence-corrected chi connectivity index (χ0v) is 14.3. The molecule has 132 valence electrons. The van der Waals surface area contributed by atoms with Crippen molar-refractivity contribution >= 4 is 11.7 Å². The quantitative estimate of drug-likeness (QED) is 0.624. The first kappa shape index (κ1) is 17.2. The van der Waals surface area contributed by atoms with Gasteiger partial charge in [-0.15, -0.1) is 0 Å². The molecule has 1 aliphatic heterocycles. The summed E-state index contributed by atoms with van der Waals surface area (Å²) in [4.78, 5) is 22.3. The van der Waals surface area contributed by atoms with Crippen molar-refractivity contribution in [2.75, 3.05) is 0 Å². The number of carboxylic acids is 1. The van der Waals surface area contributed by atoms with Gasteiger partial charge in [0.05, 0.1) is 10.5 Å². The average Bonchev–Trinajstić information content (AvgIpc) is 3.05. The first-order chi connectivity index (χ1) is 12.0. The highest BCUT2D eigenvalue weighted by molar-refractivity contribution is 5.77. The van der Waals surface area contributed by atoms with Crippen molar-refractivity contribution in [1.82, 2.24) is 4.57 Å². The van der Waals surface area contributed by atoms with E-state index < -0.39 is 5.97 Å². The number of nitro benzene ring substituents is 1. The molecule has 0 fully saturated rings. The summed E-state index contributed by atoms with van der Waals surface area (Å²) >= 11 is 0. The molecule has 2 heterocycles. The Labute approximate surface area is 146 Å². The molecule has 1 unspecified atom stereocenters.